The van der Waals surface area contributed by atoms with Crippen molar-refractivity contribution in [3.63, 3.8) is 0 Å². The summed E-state index contributed by atoms with van der Waals surface area (Å²) >= 11 is 0. The molecule has 2 fully saturated rings. The monoisotopic (exact) mass is 333 g/mol. The van der Waals surface area contributed by atoms with Crippen LogP contribution in [0.15, 0.2) is 24.5 Å². The summed E-state index contributed by atoms with van der Waals surface area (Å²) in [5, 5.41) is 0. The van der Waals surface area contributed by atoms with Crippen molar-refractivity contribution in [1.82, 2.24) is 14.8 Å². The number of amides is 1. The number of aromatic nitrogens is 1. The standard InChI is InChI=1S/C18H27N3O3/c1-20(2)12-17(22)21-9-5-18(6-10-21)11-16(14-24-18)23-13-15-3-7-19-8-4-15/h3-4,7-8,16H,5-6,9-14H2,1-2H3/t16-/m1/s1. The second-order valence-corrected chi connectivity index (χ2v) is 7.11. The molecule has 1 aromatic heterocycles. The third-order valence-corrected chi connectivity index (χ3v) is 4.89. The minimum atomic E-state index is -0.0994. The topological polar surface area (TPSA) is 54.9 Å². The van der Waals surface area contributed by atoms with Gasteiger partial charge in [0.2, 0.25) is 5.91 Å². The molecule has 3 rings (SSSR count). The van der Waals surface area contributed by atoms with E-state index in [1.807, 2.05) is 36.0 Å². The predicted octanol–water partition coefficient (Wildman–Crippen LogP) is 1.31. The molecule has 0 N–H and O–H groups in total. The Hall–Kier alpha value is -1.50. The highest BCUT2D eigenvalue weighted by atomic mass is 16.6. The Labute approximate surface area is 143 Å². The van der Waals surface area contributed by atoms with Gasteiger partial charge < -0.3 is 19.3 Å². The molecule has 2 aliphatic rings. The molecule has 1 atom stereocenters. The van der Waals surface area contributed by atoms with Crippen LogP contribution in [0.25, 0.3) is 0 Å². The van der Waals surface area contributed by atoms with Crippen LogP contribution in [-0.2, 0) is 20.9 Å². The van der Waals surface area contributed by atoms with Gasteiger partial charge in [0, 0.05) is 31.9 Å². The minimum absolute atomic E-state index is 0.0994. The van der Waals surface area contributed by atoms with Gasteiger partial charge in [0.15, 0.2) is 0 Å². The molecular formula is C18H27N3O3. The Morgan fingerprint density at radius 2 is 2.08 bits per heavy atom. The highest BCUT2D eigenvalue weighted by Gasteiger charge is 2.43. The second kappa shape index (κ2) is 7.59. The van der Waals surface area contributed by atoms with E-state index in [0.717, 1.165) is 37.9 Å². The first-order chi connectivity index (χ1) is 11.6. The van der Waals surface area contributed by atoms with Crippen LogP contribution in [0.2, 0.25) is 0 Å². The molecule has 132 valence electrons. The normalized spacial score (nSPS) is 23.1. The van der Waals surface area contributed by atoms with Crippen LogP contribution in [0.3, 0.4) is 0 Å². The molecular weight excluding hydrogens is 306 g/mol. The van der Waals surface area contributed by atoms with Crippen LogP contribution in [-0.4, -0.2) is 72.7 Å². The first-order valence-corrected chi connectivity index (χ1v) is 8.63. The van der Waals surface area contributed by atoms with E-state index in [1.165, 1.54) is 0 Å². The molecule has 0 bridgehead atoms. The fourth-order valence-corrected chi connectivity index (χ4v) is 3.49. The van der Waals surface area contributed by atoms with E-state index in [1.54, 1.807) is 12.4 Å². The summed E-state index contributed by atoms with van der Waals surface area (Å²) in [7, 11) is 3.85. The number of likely N-dealkylation sites (tertiary alicyclic amines) is 1. The molecule has 24 heavy (non-hydrogen) atoms. The summed E-state index contributed by atoms with van der Waals surface area (Å²) in [6.45, 7) is 3.29. The largest absolute Gasteiger partial charge is 0.372 e. The molecule has 0 aromatic carbocycles. The summed E-state index contributed by atoms with van der Waals surface area (Å²) in [5.74, 6) is 0.207. The van der Waals surface area contributed by atoms with E-state index in [4.69, 9.17) is 9.47 Å². The molecule has 0 radical (unpaired) electrons. The Balaban J connectivity index is 1.45. The van der Waals surface area contributed by atoms with Gasteiger partial charge in [0.1, 0.15) is 0 Å². The third kappa shape index (κ3) is 4.32. The summed E-state index contributed by atoms with van der Waals surface area (Å²) < 4.78 is 12.1. The lowest BCUT2D eigenvalue weighted by molar-refractivity contribution is -0.136. The number of carbonyl (C=O) groups excluding carboxylic acids is 1. The molecule has 2 saturated heterocycles. The summed E-state index contributed by atoms with van der Waals surface area (Å²) in [4.78, 5) is 20.0. The van der Waals surface area contributed by atoms with E-state index in [-0.39, 0.29) is 17.6 Å². The van der Waals surface area contributed by atoms with Gasteiger partial charge in [0.25, 0.3) is 0 Å². The zero-order valence-electron chi connectivity index (χ0n) is 14.6. The molecule has 6 nitrogen and oxygen atoms in total. The van der Waals surface area contributed by atoms with Gasteiger partial charge in [-0.15, -0.1) is 0 Å². The smallest absolute Gasteiger partial charge is 0.236 e. The van der Waals surface area contributed by atoms with E-state index in [9.17, 15) is 4.79 Å². The number of hydrogen-bond acceptors (Lipinski definition) is 5. The zero-order valence-corrected chi connectivity index (χ0v) is 14.6. The summed E-state index contributed by atoms with van der Waals surface area (Å²) in [6, 6.07) is 3.95. The Morgan fingerprint density at radius 3 is 2.75 bits per heavy atom. The molecule has 0 unspecified atom stereocenters. The van der Waals surface area contributed by atoms with Gasteiger partial charge >= 0.3 is 0 Å². The van der Waals surface area contributed by atoms with Gasteiger partial charge in [-0.2, -0.15) is 0 Å². The van der Waals surface area contributed by atoms with E-state index < -0.39 is 0 Å². The number of pyridine rings is 1. The van der Waals surface area contributed by atoms with Crippen LogP contribution in [0, 0.1) is 0 Å². The third-order valence-electron chi connectivity index (χ3n) is 4.89. The maximum Gasteiger partial charge on any atom is 0.236 e. The van der Waals surface area contributed by atoms with E-state index in [2.05, 4.69) is 4.98 Å². The lowest BCUT2D eigenvalue weighted by Crippen LogP contribution is -2.48. The van der Waals surface area contributed by atoms with Crippen molar-refractivity contribution in [1.29, 1.82) is 0 Å². The molecule has 1 spiro atoms. The van der Waals surface area contributed by atoms with Crippen molar-refractivity contribution in [2.24, 2.45) is 0 Å². The maximum absolute atomic E-state index is 12.1. The Bertz CT molecular complexity index is 542. The fourth-order valence-electron chi connectivity index (χ4n) is 3.49. The zero-order chi connectivity index (χ0) is 17.0. The number of piperidine rings is 1. The lowest BCUT2D eigenvalue weighted by Gasteiger charge is -2.39. The van der Waals surface area contributed by atoms with Crippen LogP contribution < -0.4 is 0 Å². The number of carbonyl (C=O) groups is 1. The van der Waals surface area contributed by atoms with Gasteiger partial charge in [-0.3, -0.25) is 9.78 Å². The van der Waals surface area contributed by atoms with Gasteiger partial charge in [-0.25, -0.2) is 0 Å². The number of rotatable bonds is 5. The molecule has 0 saturated carbocycles. The highest BCUT2D eigenvalue weighted by molar-refractivity contribution is 5.78. The minimum Gasteiger partial charge on any atom is -0.372 e. The van der Waals surface area contributed by atoms with Crippen molar-refractivity contribution in [2.75, 3.05) is 40.3 Å². The van der Waals surface area contributed by atoms with Gasteiger partial charge in [0.05, 0.1) is 31.5 Å². The molecule has 2 aliphatic heterocycles. The van der Waals surface area contributed by atoms with Crippen LogP contribution in [0.1, 0.15) is 24.8 Å². The second-order valence-electron chi connectivity index (χ2n) is 7.11. The quantitative estimate of drug-likeness (QED) is 0.813. The molecule has 0 aliphatic carbocycles. The van der Waals surface area contributed by atoms with E-state index in [0.29, 0.717) is 19.8 Å². The van der Waals surface area contributed by atoms with Gasteiger partial charge in [-0.05, 0) is 44.6 Å². The van der Waals surface area contributed by atoms with Crippen LogP contribution >= 0.6 is 0 Å². The number of hydrogen-bond donors (Lipinski definition) is 0. The summed E-state index contributed by atoms with van der Waals surface area (Å²) in [6.07, 6.45) is 6.44. The fraction of sp³-hybridized carbons (Fsp3) is 0.667. The van der Waals surface area contributed by atoms with Crippen molar-refractivity contribution in [2.45, 2.75) is 37.6 Å². The van der Waals surface area contributed by atoms with Crippen LogP contribution in [0.4, 0.5) is 0 Å². The Morgan fingerprint density at radius 1 is 1.38 bits per heavy atom. The molecule has 1 amide bonds. The number of ether oxygens (including phenoxy) is 2. The predicted molar refractivity (Wildman–Crippen MR) is 90.5 cm³/mol. The van der Waals surface area contributed by atoms with Crippen molar-refractivity contribution in [3.8, 4) is 0 Å². The van der Waals surface area contributed by atoms with Crippen molar-refractivity contribution >= 4 is 5.91 Å². The van der Waals surface area contributed by atoms with Crippen molar-refractivity contribution in [3.05, 3.63) is 30.1 Å². The van der Waals surface area contributed by atoms with Crippen LogP contribution in [0.5, 0.6) is 0 Å². The number of nitrogens with zero attached hydrogens (tertiary/aromatic N) is 3. The maximum atomic E-state index is 12.1. The highest BCUT2D eigenvalue weighted by Crippen LogP contribution is 2.37. The van der Waals surface area contributed by atoms with Gasteiger partial charge in [-0.1, -0.05) is 0 Å². The first-order valence-electron chi connectivity index (χ1n) is 8.63. The molecule has 3 heterocycles. The first kappa shape index (κ1) is 17.3. The SMILES string of the molecule is CN(C)CC(=O)N1CCC2(CC1)C[C@@H](OCc1ccncc1)CO2. The number of likely N-dealkylation sites (N-methyl/N-ethyl adjacent to an activating group) is 1. The average molecular weight is 333 g/mol. The summed E-state index contributed by atoms with van der Waals surface area (Å²) in [5.41, 5.74) is 1.03. The Kier molecular flexibility index (Phi) is 5.48. The molecule has 6 heteroatoms. The molecule has 1 aromatic rings. The van der Waals surface area contributed by atoms with E-state index >= 15 is 0 Å². The lowest BCUT2D eigenvalue weighted by atomic mass is 9.88. The van der Waals surface area contributed by atoms with Crippen molar-refractivity contribution < 1.29 is 14.3 Å². The average Bonchev–Trinajstić information content (AvgIpc) is 2.97.